The molecule has 0 aromatic heterocycles. The van der Waals surface area contributed by atoms with Crippen molar-refractivity contribution < 1.29 is 81.6 Å². The molecule has 13 heteroatoms. The van der Waals surface area contributed by atoms with Crippen LogP contribution in [0.2, 0.25) is 0 Å². The molecule has 12 nitrogen and oxygen atoms in total. The minimum atomic E-state index is -1.44. The molecule has 2 atom stereocenters. The van der Waals surface area contributed by atoms with Gasteiger partial charge in [0.15, 0.2) is 0 Å². The number of aliphatic carboxylic acids is 2. The summed E-state index contributed by atoms with van der Waals surface area (Å²) in [6, 6.07) is 0. The fourth-order valence-corrected chi connectivity index (χ4v) is 0.451. The molecule has 0 aliphatic heterocycles. The molecule has 0 bridgehead atoms. The van der Waals surface area contributed by atoms with Crippen molar-refractivity contribution in [1.29, 1.82) is 0 Å². The van der Waals surface area contributed by atoms with Gasteiger partial charge in [-0.1, -0.05) is 0 Å². The standard InChI is InChI=1S/2C4H9O3.2C3H6O3.Ti/c2*5-1-3-7-4-2-6;2*1-2(4)3(5)6;/h2*5H,1-4H2;2*2,4H,1H3,(H,5,6);/q2*-1;;;+4/p-2. The van der Waals surface area contributed by atoms with Crippen molar-refractivity contribution in [2.45, 2.75) is 26.1 Å². The molecule has 4 N–H and O–H groups in total. The Bertz CT molecular complexity index is 253. The summed E-state index contributed by atoms with van der Waals surface area (Å²) in [5.74, 6) is -2.87. The van der Waals surface area contributed by atoms with Gasteiger partial charge in [0.2, 0.25) is 0 Å². The first-order chi connectivity index (χ1) is 12.1. The van der Waals surface area contributed by atoms with Crippen molar-refractivity contribution in [3.05, 3.63) is 0 Å². The van der Waals surface area contributed by atoms with E-state index in [9.17, 15) is 30.0 Å². The number of carbonyl (C=O) groups excluding carboxylic acids is 2. The van der Waals surface area contributed by atoms with Crippen molar-refractivity contribution in [2.24, 2.45) is 0 Å². The maximum atomic E-state index is 9.60. The number of carboxylic acid groups (broad SMARTS) is 2. The molecule has 0 aliphatic rings. The smallest absolute Gasteiger partial charge is 0.853 e. The van der Waals surface area contributed by atoms with Gasteiger partial charge in [-0.05, 0) is 13.8 Å². The number of carbonyl (C=O) groups is 2. The van der Waals surface area contributed by atoms with Crippen LogP contribution in [0.25, 0.3) is 0 Å². The summed E-state index contributed by atoms with van der Waals surface area (Å²) in [6.45, 7) is 2.80. The molecule has 0 aromatic rings. The zero-order valence-corrected chi connectivity index (χ0v) is 16.9. The maximum Gasteiger partial charge on any atom is 4.00 e. The van der Waals surface area contributed by atoms with Gasteiger partial charge < -0.3 is 59.9 Å². The third-order valence-corrected chi connectivity index (χ3v) is 1.61. The number of hydrogen-bond acceptors (Lipinski definition) is 12. The number of ether oxygens (including phenoxy) is 2. The van der Waals surface area contributed by atoms with Gasteiger partial charge in [0, 0.05) is 13.2 Å². The molecule has 0 heterocycles. The quantitative estimate of drug-likeness (QED) is 0.185. The van der Waals surface area contributed by atoms with Crippen molar-refractivity contribution in [3.8, 4) is 0 Å². The fourth-order valence-electron chi connectivity index (χ4n) is 0.451. The largest absolute Gasteiger partial charge is 4.00 e. The Morgan fingerprint density at radius 1 is 0.778 bits per heavy atom. The topological polar surface area (TPSA) is 226 Å². The Kier molecular flexibility index (Phi) is 45.3. The average Bonchev–Trinajstić information content (AvgIpc) is 2.57. The second-order valence-corrected chi connectivity index (χ2v) is 4.07. The Hall–Kier alpha value is -0.666. The number of rotatable bonds is 10. The second kappa shape index (κ2) is 33.0. The van der Waals surface area contributed by atoms with Crippen molar-refractivity contribution >= 4 is 11.9 Å². The summed E-state index contributed by atoms with van der Waals surface area (Å²) < 4.78 is 9.14. The SMILES string of the molecule is CC(O)C(=O)[O-].CC(O)C(=O)[O-].[O-]CCOCCO.[O-]CCOCCO.[Ti+4]. The van der Waals surface area contributed by atoms with E-state index in [1.807, 2.05) is 0 Å². The number of carboxylic acids is 2. The number of hydrogen-bond donors (Lipinski definition) is 4. The molecule has 160 valence electrons. The van der Waals surface area contributed by atoms with Crippen molar-refractivity contribution in [2.75, 3.05) is 52.9 Å². The fraction of sp³-hybridized carbons (Fsp3) is 0.857. The summed E-state index contributed by atoms with van der Waals surface area (Å²) in [7, 11) is 0. The Labute approximate surface area is 172 Å². The predicted molar refractivity (Wildman–Crippen MR) is 78.9 cm³/mol. The van der Waals surface area contributed by atoms with Gasteiger partial charge in [0.25, 0.3) is 0 Å². The normalized spacial score (nSPS) is 11.0. The molecule has 2 unspecified atom stereocenters. The van der Waals surface area contributed by atoms with E-state index >= 15 is 0 Å². The van der Waals surface area contributed by atoms with Gasteiger partial charge in [0.05, 0.1) is 50.6 Å². The summed E-state index contributed by atoms with van der Waals surface area (Å²) in [5, 5.41) is 69.9. The van der Waals surface area contributed by atoms with Crippen molar-refractivity contribution in [1.82, 2.24) is 0 Å². The van der Waals surface area contributed by atoms with Crippen LogP contribution >= 0.6 is 0 Å². The van der Waals surface area contributed by atoms with Gasteiger partial charge in [-0.15, -0.1) is 13.2 Å². The first-order valence-electron chi connectivity index (χ1n) is 7.43. The predicted octanol–water partition coefficient (Wildman–Crippen LogP) is -7.06. The van der Waals surface area contributed by atoms with E-state index in [2.05, 4.69) is 9.47 Å². The molecule has 0 aliphatic carbocycles. The van der Waals surface area contributed by atoms with Gasteiger partial charge >= 0.3 is 21.7 Å². The molecule has 0 saturated carbocycles. The van der Waals surface area contributed by atoms with E-state index in [1.165, 1.54) is 0 Å². The van der Waals surface area contributed by atoms with E-state index in [0.29, 0.717) is 0 Å². The first-order valence-corrected chi connectivity index (χ1v) is 7.43. The third-order valence-electron chi connectivity index (χ3n) is 1.61. The Morgan fingerprint density at radius 2 is 1.00 bits per heavy atom. The second-order valence-electron chi connectivity index (χ2n) is 4.07. The molecule has 0 amide bonds. The Morgan fingerprint density at radius 3 is 1.11 bits per heavy atom. The molecule has 0 radical (unpaired) electrons. The molecule has 0 fully saturated rings. The van der Waals surface area contributed by atoms with E-state index in [4.69, 9.17) is 20.4 Å². The molecule has 0 saturated heterocycles. The summed E-state index contributed by atoms with van der Waals surface area (Å²) >= 11 is 0. The van der Waals surface area contributed by atoms with Gasteiger partial charge in [-0.2, -0.15) is 0 Å². The van der Waals surface area contributed by atoms with Crippen molar-refractivity contribution in [3.63, 3.8) is 0 Å². The van der Waals surface area contributed by atoms with Crippen LogP contribution in [0.5, 0.6) is 0 Å². The van der Waals surface area contributed by atoms with Crippen LogP contribution in [-0.4, -0.2) is 97.4 Å². The number of aliphatic hydroxyl groups excluding tert-OH is 4. The van der Waals surface area contributed by atoms with E-state index in [1.54, 1.807) is 0 Å². The van der Waals surface area contributed by atoms with E-state index in [-0.39, 0.29) is 74.6 Å². The average molecular weight is 436 g/mol. The molecular weight excluding hydrogens is 408 g/mol. The number of aliphatic hydroxyl groups is 4. The van der Waals surface area contributed by atoms with Crippen LogP contribution in [0, 0.1) is 0 Å². The van der Waals surface area contributed by atoms with Gasteiger partial charge in [-0.3, -0.25) is 0 Å². The van der Waals surface area contributed by atoms with Gasteiger partial charge in [-0.25, -0.2) is 0 Å². The zero-order valence-electron chi connectivity index (χ0n) is 15.4. The van der Waals surface area contributed by atoms with Crippen LogP contribution in [0.3, 0.4) is 0 Å². The summed E-state index contributed by atoms with van der Waals surface area (Å²) in [4.78, 5) is 18.7. The van der Waals surface area contributed by atoms with Crippen LogP contribution in [0.15, 0.2) is 0 Å². The summed E-state index contributed by atoms with van der Waals surface area (Å²) in [6.07, 6.45) is -2.69. The third kappa shape index (κ3) is 58.7. The maximum absolute atomic E-state index is 9.60. The molecule has 0 rings (SSSR count). The van der Waals surface area contributed by atoms with Crippen LogP contribution in [-0.2, 0) is 40.8 Å². The van der Waals surface area contributed by atoms with Crippen LogP contribution < -0.4 is 20.4 Å². The molecule has 0 spiro atoms. The minimum absolute atomic E-state index is 0. The van der Waals surface area contributed by atoms with E-state index in [0.717, 1.165) is 13.8 Å². The molecule has 0 aromatic carbocycles. The van der Waals surface area contributed by atoms with Crippen LogP contribution in [0.4, 0.5) is 0 Å². The monoisotopic (exact) mass is 436 g/mol. The van der Waals surface area contributed by atoms with Crippen LogP contribution in [0.1, 0.15) is 13.8 Å². The minimum Gasteiger partial charge on any atom is -0.853 e. The molecular formula is C14H28O12Ti. The first kappa shape index (κ1) is 37.1. The molecule has 27 heavy (non-hydrogen) atoms. The summed E-state index contributed by atoms with van der Waals surface area (Å²) in [5.41, 5.74) is 0. The van der Waals surface area contributed by atoms with E-state index < -0.39 is 24.1 Å². The zero-order chi connectivity index (χ0) is 21.4. The Balaban J connectivity index is -0.0000000789. The van der Waals surface area contributed by atoms with Gasteiger partial charge in [0.1, 0.15) is 0 Å².